The summed E-state index contributed by atoms with van der Waals surface area (Å²) in [5, 5.41) is 3.70. The summed E-state index contributed by atoms with van der Waals surface area (Å²) in [4.78, 5) is 3.53. The Morgan fingerprint density at radius 2 is 1.83 bits per heavy atom. The molecule has 1 saturated carbocycles. The third kappa shape index (κ3) is 3.32. The van der Waals surface area contributed by atoms with E-state index in [1.165, 1.54) is 41.1 Å². The van der Waals surface area contributed by atoms with Crippen LogP contribution in [0.25, 0.3) is 0 Å². The zero-order valence-electron chi connectivity index (χ0n) is 14.1. The molecule has 0 amide bonds. The number of nitrogens with one attached hydrogen (secondary N) is 1. The zero-order valence-corrected chi connectivity index (χ0v) is 14.9. The standard InChI is InChI=1S/C20H25N3S/c1-14(12-15-10-11-15)22-13-16-6-2-3-7-17(16)23-18-8-4-5-9-19(18)24-20(23)21/h2-9,14-15,20,22H,10-13,21H2,1H3/t14-,20?/m0/s1. The fraction of sp³-hybridized carbons (Fsp3) is 0.400. The van der Waals surface area contributed by atoms with Crippen molar-refractivity contribution in [2.24, 2.45) is 11.7 Å². The normalized spacial score (nSPS) is 20.9. The molecule has 4 heteroatoms. The second-order valence-electron chi connectivity index (χ2n) is 6.94. The van der Waals surface area contributed by atoms with Gasteiger partial charge in [-0.3, -0.25) is 0 Å². The second kappa shape index (κ2) is 6.79. The highest BCUT2D eigenvalue weighted by Gasteiger charge is 2.29. The lowest BCUT2D eigenvalue weighted by Gasteiger charge is -2.27. The Bertz CT molecular complexity index is 714. The highest BCUT2D eigenvalue weighted by atomic mass is 32.2. The van der Waals surface area contributed by atoms with E-state index in [1.807, 2.05) is 0 Å². The number of hydrogen-bond donors (Lipinski definition) is 2. The molecule has 0 saturated heterocycles. The second-order valence-corrected chi connectivity index (χ2v) is 8.09. The number of benzene rings is 2. The minimum Gasteiger partial charge on any atom is -0.315 e. The third-order valence-corrected chi connectivity index (χ3v) is 5.95. The molecule has 0 bridgehead atoms. The molecular weight excluding hydrogens is 314 g/mol. The van der Waals surface area contributed by atoms with Gasteiger partial charge in [-0.2, -0.15) is 0 Å². The predicted octanol–water partition coefficient (Wildman–Crippen LogP) is 4.45. The van der Waals surface area contributed by atoms with Crippen LogP contribution in [0.4, 0.5) is 11.4 Å². The topological polar surface area (TPSA) is 41.3 Å². The highest BCUT2D eigenvalue weighted by molar-refractivity contribution is 8.00. The summed E-state index contributed by atoms with van der Waals surface area (Å²) >= 11 is 1.73. The summed E-state index contributed by atoms with van der Waals surface area (Å²) in [6, 6.07) is 17.7. The smallest absolute Gasteiger partial charge is 0.134 e. The molecule has 0 spiro atoms. The first-order valence-electron chi connectivity index (χ1n) is 8.84. The number of nitrogens with two attached hydrogens (primary N) is 1. The molecule has 4 rings (SSSR count). The Balaban J connectivity index is 1.55. The van der Waals surface area contributed by atoms with Crippen LogP contribution in [-0.4, -0.2) is 11.5 Å². The SMILES string of the molecule is C[C@@H](CC1CC1)NCc1ccccc1N1c2ccccc2SC1N. The van der Waals surface area contributed by atoms with Gasteiger partial charge in [-0.05, 0) is 43.0 Å². The van der Waals surface area contributed by atoms with Crippen molar-refractivity contribution in [1.82, 2.24) is 5.32 Å². The van der Waals surface area contributed by atoms with E-state index in [0.29, 0.717) is 6.04 Å². The molecule has 0 aromatic heterocycles. The van der Waals surface area contributed by atoms with Gasteiger partial charge >= 0.3 is 0 Å². The van der Waals surface area contributed by atoms with Gasteiger partial charge in [0.1, 0.15) is 5.50 Å². The summed E-state index contributed by atoms with van der Waals surface area (Å²) in [6.07, 6.45) is 4.13. The van der Waals surface area contributed by atoms with Gasteiger partial charge in [0.15, 0.2) is 0 Å². The molecule has 1 fully saturated rings. The van der Waals surface area contributed by atoms with Crippen molar-refractivity contribution in [3.63, 3.8) is 0 Å². The Morgan fingerprint density at radius 1 is 1.12 bits per heavy atom. The van der Waals surface area contributed by atoms with Gasteiger partial charge in [0.25, 0.3) is 0 Å². The summed E-state index contributed by atoms with van der Waals surface area (Å²) in [5.74, 6) is 0.957. The maximum absolute atomic E-state index is 6.43. The number of rotatable bonds is 6. The Morgan fingerprint density at radius 3 is 2.62 bits per heavy atom. The molecule has 3 nitrogen and oxygen atoms in total. The van der Waals surface area contributed by atoms with E-state index in [2.05, 4.69) is 65.7 Å². The van der Waals surface area contributed by atoms with Gasteiger partial charge in [-0.15, -0.1) is 0 Å². The van der Waals surface area contributed by atoms with E-state index >= 15 is 0 Å². The molecule has 1 aliphatic carbocycles. The van der Waals surface area contributed by atoms with Crippen molar-refractivity contribution in [3.05, 3.63) is 54.1 Å². The maximum atomic E-state index is 6.43. The molecule has 1 heterocycles. The largest absolute Gasteiger partial charge is 0.315 e. The van der Waals surface area contributed by atoms with Gasteiger partial charge in [0, 0.05) is 23.2 Å². The van der Waals surface area contributed by atoms with Crippen LogP contribution in [0.2, 0.25) is 0 Å². The van der Waals surface area contributed by atoms with Crippen molar-refractivity contribution in [2.45, 2.75) is 49.2 Å². The molecule has 24 heavy (non-hydrogen) atoms. The van der Waals surface area contributed by atoms with Gasteiger partial charge in [-0.25, -0.2) is 0 Å². The van der Waals surface area contributed by atoms with Crippen LogP contribution in [0.15, 0.2) is 53.4 Å². The average Bonchev–Trinajstić information content (AvgIpc) is 3.33. The molecule has 0 radical (unpaired) electrons. The molecule has 2 atom stereocenters. The minimum atomic E-state index is -0.0626. The van der Waals surface area contributed by atoms with E-state index in [-0.39, 0.29) is 5.50 Å². The summed E-state index contributed by atoms with van der Waals surface area (Å²) in [6.45, 7) is 3.19. The van der Waals surface area contributed by atoms with Crippen LogP contribution in [0.5, 0.6) is 0 Å². The Labute approximate surface area is 148 Å². The van der Waals surface area contributed by atoms with E-state index in [4.69, 9.17) is 5.73 Å². The molecule has 3 N–H and O–H groups in total. The fourth-order valence-corrected chi connectivity index (χ4v) is 4.50. The van der Waals surface area contributed by atoms with E-state index in [1.54, 1.807) is 11.8 Å². The third-order valence-electron chi connectivity index (χ3n) is 4.90. The van der Waals surface area contributed by atoms with E-state index in [9.17, 15) is 0 Å². The molecule has 1 aliphatic heterocycles. The van der Waals surface area contributed by atoms with Crippen LogP contribution in [0.3, 0.4) is 0 Å². The molecule has 1 unspecified atom stereocenters. The van der Waals surface area contributed by atoms with Gasteiger partial charge in [0.05, 0.1) is 5.69 Å². The Kier molecular flexibility index (Phi) is 4.53. The number of para-hydroxylation sites is 2. The Hall–Kier alpha value is -1.49. The van der Waals surface area contributed by atoms with Crippen LogP contribution >= 0.6 is 11.8 Å². The molecule has 2 aromatic rings. The van der Waals surface area contributed by atoms with Crippen LogP contribution in [0, 0.1) is 5.92 Å². The number of fused-ring (bicyclic) bond motifs is 1. The summed E-state index contributed by atoms with van der Waals surface area (Å²) in [7, 11) is 0. The predicted molar refractivity (Wildman–Crippen MR) is 102 cm³/mol. The monoisotopic (exact) mass is 339 g/mol. The quantitative estimate of drug-likeness (QED) is 0.816. The van der Waals surface area contributed by atoms with Crippen LogP contribution in [0.1, 0.15) is 31.7 Å². The first-order valence-corrected chi connectivity index (χ1v) is 9.72. The van der Waals surface area contributed by atoms with Crippen molar-refractivity contribution in [1.29, 1.82) is 0 Å². The minimum absolute atomic E-state index is 0.0626. The maximum Gasteiger partial charge on any atom is 0.134 e. The van der Waals surface area contributed by atoms with Gasteiger partial charge in [-0.1, -0.05) is 54.9 Å². The highest BCUT2D eigenvalue weighted by Crippen LogP contribution is 2.46. The molecular formula is C20H25N3S. The lowest BCUT2D eigenvalue weighted by Crippen LogP contribution is -2.33. The van der Waals surface area contributed by atoms with Crippen molar-refractivity contribution < 1.29 is 0 Å². The van der Waals surface area contributed by atoms with Gasteiger partial charge in [0.2, 0.25) is 0 Å². The fourth-order valence-electron chi connectivity index (χ4n) is 3.46. The van der Waals surface area contributed by atoms with Gasteiger partial charge < -0.3 is 16.0 Å². The number of thioether (sulfide) groups is 1. The molecule has 2 aromatic carbocycles. The van der Waals surface area contributed by atoms with Crippen LogP contribution < -0.4 is 16.0 Å². The van der Waals surface area contributed by atoms with Crippen molar-refractivity contribution in [2.75, 3.05) is 4.90 Å². The lowest BCUT2D eigenvalue weighted by atomic mass is 10.1. The molecule has 126 valence electrons. The number of hydrogen-bond acceptors (Lipinski definition) is 4. The molecule has 2 aliphatic rings. The first kappa shape index (κ1) is 16.0. The summed E-state index contributed by atoms with van der Waals surface area (Å²) in [5.41, 5.74) is 10.1. The number of nitrogens with zero attached hydrogens (tertiary/aromatic N) is 1. The van der Waals surface area contributed by atoms with Crippen molar-refractivity contribution in [3.8, 4) is 0 Å². The van der Waals surface area contributed by atoms with E-state index < -0.39 is 0 Å². The van der Waals surface area contributed by atoms with Crippen LogP contribution in [-0.2, 0) is 6.54 Å². The van der Waals surface area contributed by atoms with Crippen molar-refractivity contribution >= 4 is 23.1 Å². The van der Waals surface area contributed by atoms with E-state index in [0.717, 1.165) is 12.5 Å². The number of anilines is 2. The summed E-state index contributed by atoms with van der Waals surface area (Å²) < 4.78 is 0. The first-order chi connectivity index (χ1) is 11.7. The lowest BCUT2D eigenvalue weighted by molar-refractivity contribution is 0.487. The average molecular weight is 340 g/mol. The zero-order chi connectivity index (χ0) is 16.5.